The van der Waals surface area contributed by atoms with Crippen molar-refractivity contribution in [1.29, 1.82) is 0 Å². The van der Waals surface area contributed by atoms with Crippen molar-refractivity contribution < 1.29 is 0 Å². The Kier molecular flexibility index (Phi) is 3.95. The molecule has 23 heavy (non-hydrogen) atoms. The van der Waals surface area contributed by atoms with Crippen LogP contribution in [0.3, 0.4) is 0 Å². The summed E-state index contributed by atoms with van der Waals surface area (Å²) < 4.78 is 0. The van der Waals surface area contributed by atoms with Crippen LogP contribution in [0.2, 0.25) is 0 Å². The molecule has 0 atom stereocenters. The first-order valence-electron chi connectivity index (χ1n) is 8.31. The van der Waals surface area contributed by atoms with E-state index < -0.39 is 0 Å². The quantitative estimate of drug-likeness (QED) is 0.751. The van der Waals surface area contributed by atoms with Gasteiger partial charge in [-0.25, -0.2) is 0 Å². The monoisotopic (exact) mass is 303 g/mol. The third-order valence-electron chi connectivity index (χ3n) is 4.65. The minimum atomic E-state index is 0.701. The van der Waals surface area contributed by atoms with Gasteiger partial charge in [-0.15, -0.1) is 0 Å². The molecule has 0 spiro atoms. The number of rotatable bonds is 3. The van der Waals surface area contributed by atoms with Crippen molar-refractivity contribution in [2.75, 3.05) is 18.4 Å². The minimum Gasteiger partial charge on any atom is -0.355 e. The second-order valence-electron chi connectivity index (χ2n) is 6.15. The van der Waals surface area contributed by atoms with Gasteiger partial charge in [-0.1, -0.05) is 30.3 Å². The minimum absolute atomic E-state index is 0.701. The predicted molar refractivity (Wildman–Crippen MR) is 96.3 cm³/mol. The van der Waals surface area contributed by atoms with Crippen LogP contribution in [-0.4, -0.2) is 18.1 Å². The second-order valence-corrected chi connectivity index (χ2v) is 6.15. The summed E-state index contributed by atoms with van der Waals surface area (Å²) in [4.78, 5) is 4.41. The predicted octanol–water partition coefficient (Wildman–Crippen LogP) is 4.45. The first kappa shape index (κ1) is 14.2. The molecule has 1 aliphatic heterocycles. The second kappa shape index (κ2) is 6.39. The molecule has 2 heterocycles. The molecule has 1 aliphatic rings. The number of nitrogens with zero attached hydrogens (tertiary/aromatic N) is 1. The third-order valence-corrected chi connectivity index (χ3v) is 4.65. The lowest BCUT2D eigenvalue weighted by molar-refractivity contribution is 0.460. The molecular formula is C20H21N3. The highest BCUT2D eigenvalue weighted by Gasteiger charge is 2.14. The molecule has 1 aromatic heterocycles. The van der Waals surface area contributed by atoms with Crippen molar-refractivity contribution in [2.45, 2.75) is 18.8 Å². The number of fused-ring (bicyclic) bond motifs is 1. The van der Waals surface area contributed by atoms with Gasteiger partial charge in [-0.3, -0.25) is 4.98 Å². The van der Waals surface area contributed by atoms with Crippen LogP contribution in [0.15, 0.2) is 60.8 Å². The molecule has 3 nitrogen and oxygen atoms in total. The molecule has 2 N–H and O–H groups in total. The number of para-hydroxylation sites is 1. The Labute approximate surface area is 136 Å². The highest BCUT2D eigenvalue weighted by atomic mass is 14.9. The Hall–Kier alpha value is -2.39. The molecular weight excluding hydrogens is 282 g/mol. The fourth-order valence-corrected chi connectivity index (χ4v) is 3.35. The Bertz CT molecular complexity index is 784. The van der Waals surface area contributed by atoms with E-state index in [0.29, 0.717) is 5.92 Å². The first-order chi connectivity index (χ1) is 11.4. The van der Waals surface area contributed by atoms with Crippen LogP contribution in [0.4, 0.5) is 11.4 Å². The van der Waals surface area contributed by atoms with E-state index in [-0.39, 0.29) is 0 Å². The van der Waals surface area contributed by atoms with Gasteiger partial charge in [0, 0.05) is 23.0 Å². The fraction of sp³-hybridized carbons (Fsp3) is 0.250. The molecule has 116 valence electrons. The summed E-state index contributed by atoms with van der Waals surface area (Å²) in [5.41, 5.74) is 4.70. The summed E-state index contributed by atoms with van der Waals surface area (Å²) in [7, 11) is 0. The van der Waals surface area contributed by atoms with E-state index >= 15 is 0 Å². The standard InChI is InChI=1S/C20H21N3/c1-2-4-19-18(3-1)20(11-14-22-19)23-17-7-5-15(6-8-17)16-9-12-21-13-10-16/h1-8,11,14,16,21H,9-10,12-13H2,(H,22,23). The Morgan fingerprint density at radius 3 is 2.52 bits per heavy atom. The first-order valence-corrected chi connectivity index (χ1v) is 8.31. The van der Waals surface area contributed by atoms with Crippen LogP contribution >= 0.6 is 0 Å². The molecule has 0 bridgehead atoms. The number of benzene rings is 2. The Balaban J connectivity index is 1.56. The van der Waals surface area contributed by atoms with E-state index in [1.54, 1.807) is 0 Å². The molecule has 3 aromatic rings. The van der Waals surface area contributed by atoms with Gasteiger partial charge in [0.2, 0.25) is 0 Å². The van der Waals surface area contributed by atoms with E-state index in [0.717, 1.165) is 35.4 Å². The normalized spacial score (nSPS) is 15.7. The van der Waals surface area contributed by atoms with E-state index in [9.17, 15) is 0 Å². The van der Waals surface area contributed by atoms with Crippen LogP contribution in [0.5, 0.6) is 0 Å². The van der Waals surface area contributed by atoms with E-state index in [2.05, 4.69) is 52.0 Å². The van der Waals surface area contributed by atoms with E-state index in [4.69, 9.17) is 0 Å². The zero-order chi connectivity index (χ0) is 15.5. The largest absolute Gasteiger partial charge is 0.355 e. The molecule has 2 aromatic carbocycles. The zero-order valence-electron chi connectivity index (χ0n) is 13.1. The van der Waals surface area contributed by atoms with Gasteiger partial charge in [-0.05, 0) is 61.7 Å². The summed E-state index contributed by atoms with van der Waals surface area (Å²) in [5, 5.41) is 8.10. The molecule has 0 unspecified atom stereocenters. The maximum atomic E-state index is 4.41. The average molecular weight is 303 g/mol. The van der Waals surface area contributed by atoms with Crippen molar-refractivity contribution in [3.63, 3.8) is 0 Å². The number of hydrogen-bond acceptors (Lipinski definition) is 3. The lowest BCUT2D eigenvalue weighted by Gasteiger charge is -2.23. The number of hydrogen-bond donors (Lipinski definition) is 2. The highest BCUT2D eigenvalue weighted by molar-refractivity contribution is 5.92. The third kappa shape index (κ3) is 3.06. The molecule has 0 aliphatic carbocycles. The van der Waals surface area contributed by atoms with Crippen LogP contribution in [0, 0.1) is 0 Å². The summed E-state index contributed by atoms with van der Waals surface area (Å²) in [6, 6.07) is 19.2. The van der Waals surface area contributed by atoms with Crippen molar-refractivity contribution >= 4 is 22.3 Å². The van der Waals surface area contributed by atoms with Crippen LogP contribution in [-0.2, 0) is 0 Å². The van der Waals surface area contributed by atoms with E-state index in [1.807, 2.05) is 24.4 Å². The molecule has 0 amide bonds. The van der Waals surface area contributed by atoms with Crippen molar-refractivity contribution in [3.8, 4) is 0 Å². The molecule has 1 fully saturated rings. The number of anilines is 2. The smallest absolute Gasteiger partial charge is 0.0722 e. The SMILES string of the molecule is c1ccc2c(Nc3ccc(C4CCNCC4)cc3)ccnc2c1. The Morgan fingerprint density at radius 1 is 0.913 bits per heavy atom. The van der Waals surface area contributed by atoms with Gasteiger partial charge in [0.05, 0.1) is 5.52 Å². The maximum Gasteiger partial charge on any atom is 0.0722 e. The highest BCUT2D eigenvalue weighted by Crippen LogP contribution is 2.28. The Morgan fingerprint density at radius 2 is 1.70 bits per heavy atom. The lowest BCUT2D eigenvalue weighted by atomic mass is 9.90. The summed E-state index contributed by atoms with van der Waals surface area (Å²) in [6.45, 7) is 2.27. The fourth-order valence-electron chi connectivity index (χ4n) is 3.35. The maximum absolute atomic E-state index is 4.41. The van der Waals surface area contributed by atoms with Crippen LogP contribution in [0.1, 0.15) is 24.3 Å². The van der Waals surface area contributed by atoms with Gasteiger partial charge in [0.15, 0.2) is 0 Å². The molecule has 0 saturated carbocycles. The van der Waals surface area contributed by atoms with Gasteiger partial charge in [-0.2, -0.15) is 0 Å². The van der Waals surface area contributed by atoms with Gasteiger partial charge >= 0.3 is 0 Å². The summed E-state index contributed by atoms with van der Waals surface area (Å²) >= 11 is 0. The summed E-state index contributed by atoms with van der Waals surface area (Å²) in [5.74, 6) is 0.701. The number of nitrogens with one attached hydrogen (secondary N) is 2. The van der Waals surface area contributed by atoms with Crippen molar-refractivity contribution in [3.05, 3.63) is 66.4 Å². The van der Waals surface area contributed by atoms with E-state index in [1.165, 1.54) is 18.4 Å². The van der Waals surface area contributed by atoms with Gasteiger partial charge < -0.3 is 10.6 Å². The summed E-state index contributed by atoms with van der Waals surface area (Å²) in [6.07, 6.45) is 4.33. The molecule has 0 radical (unpaired) electrons. The average Bonchev–Trinajstić information content (AvgIpc) is 2.63. The van der Waals surface area contributed by atoms with Gasteiger partial charge in [0.25, 0.3) is 0 Å². The lowest BCUT2D eigenvalue weighted by Crippen LogP contribution is -2.26. The number of aromatic nitrogens is 1. The molecule has 3 heteroatoms. The van der Waals surface area contributed by atoms with Crippen molar-refractivity contribution in [2.24, 2.45) is 0 Å². The number of pyridine rings is 1. The number of piperidine rings is 1. The van der Waals surface area contributed by atoms with Crippen LogP contribution < -0.4 is 10.6 Å². The topological polar surface area (TPSA) is 37.0 Å². The molecule has 1 saturated heterocycles. The van der Waals surface area contributed by atoms with Gasteiger partial charge in [0.1, 0.15) is 0 Å². The zero-order valence-corrected chi connectivity index (χ0v) is 13.1. The van der Waals surface area contributed by atoms with Crippen LogP contribution in [0.25, 0.3) is 10.9 Å². The molecule has 4 rings (SSSR count). The van der Waals surface area contributed by atoms with Crippen molar-refractivity contribution in [1.82, 2.24) is 10.3 Å².